The van der Waals surface area contributed by atoms with Crippen molar-refractivity contribution in [1.82, 2.24) is 14.5 Å². The average molecular weight is 831 g/mol. The zero-order valence-corrected chi connectivity index (χ0v) is 39.3. The quantitative estimate of drug-likeness (QED) is 0.158. The van der Waals surface area contributed by atoms with E-state index in [4.69, 9.17) is 11.3 Å². The number of aromatic hydroxyl groups is 1. The van der Waals surface area contributed by atoms with Gasteiger partial charge in [0.05, 0.1) is 28.0 Å². The number of nitrogens with zero attached hydrogens (tertiary/aromatic N) is 3. The first kappa shape index (κ1) is 42.1. The Morgan fingerprint density at radius 1 is 0.619 bits per heavy atom. The van der Waals surface area contributed by atoms with Crippen molar-refractivity contribution < 1.29 is 6.48 Å². The van der Waals surface area contributed by atoms with Crippen LogP contribution < -0.4 is 0 Å². The van der Waals surface area contributed by atoms with E-state index in [-0.39, 0.29) is 22.0 Å². The van der Waals surface area contributed by atoms with Crippen LogP contribution in [0.1, 0.15) is 118 Å². The van der Waals surface area contributed by atoms with Gasteiger partial charge in [0, 0.05) is 29.8 Å². The Balaban J connectivity index is 1.40. The highest BCUT2D eigenvalue weighted by Crippen LogP contribution is 2.45. The van der Waals surface area contributed by atoms with Gasteiger partial charge in [-0.15, -0.1) is 0 Å². The first-order chi connectivity index (χ1) is 30.1. The fourth-order valence-electron chi connectivity index (χ4n) is 8.61. The second kappa shape index (κ2) is 16.5. The van der Waals surface area contributed by atoms with Crippen molar-refractivity contribution in [3.63, 3.8) is 0 Å². The van der Waals surface area contributed by atoms with Gasteiger partial charge in [-0.1, -0.05) is 161 Å². The van der Waals surface area contributed by atoms with Gasteiger partial charge in [0.15, 0.2) is 0 Å². The topological polar surface area (TPSA) is 50.9 Å². The van der Waals surface area contributed by atoms with E-state index in [1.807, 2.05) is 20.0 Å². The molecule has 0 unspecified atom stereocenters. The van der Waals surface area contributed by atoms with Gasteiger partial charge >= 0.3 is 0 Å². The normalized spacial score (nSPS) is 12.8. The first-order valence-electron chi connectivity index (χ1n) is 22.9. The number of aromatic nitrogens is 3. The molecule has 1 N–H and O–H groups in total. The summed E-state index contributed by atoms with van der Waals surface area (Å²) in [7, 11) is 0. The molecule has 4 nitrogen and oxygen atoms in total. The number of phenols is 1. The highest BCUT2D eigenvalue weighted by Gasteiger charge is 2.28. The number of phenolic OH excluding ortho intramolecular Hbond substituents is 1. The monoisotopic (exact) mass is 831 g/mol. The molecule has 0 aliphatic heterocycles. The van der Waals surface area contributed by atoms with E-state index in [1.54, 1.807) is 0 Å². The Kier molecular flexibility index (Phi) is 11.0. The summed E-state index contributed by atoms with van der Waals surface area (Å²) in [6.45, 7) is 26.0. The third kappa shape index (κ3) is 8.48. The van der Waals surface area contributed by atoms with Gasteiger partial charge in [-0.05, 0) is 129 Å². The van der Waals surface area contributed by atoms with Gasteiger partial charge in [0.25, 0.3) is 0 Å². The zero-order valence-electron chi connectivity index (χ0n) is 40.3. The Hall–Kier alpha value is -6.26. The summed E-state index contributed by atoms with van der Waals surface area (Å²) in [5, 5.41) is 12.3. The smallest absolute Gasteiger partial charge is 0.149 e. The lowest BCUT2D eigenvalue weighted by Gasteiger charge is -2.26. The Morgan fingerprint density at radius 2 is 1.33 bits per heavy atom. The number of benzene rings is 6. The highest BCUT2D eigenvalue weighted by atomic mass is 16.3. The van der Waals surface area contributed by atoms with Crippen LogP contribution in [-0.4, -0.2) is 19.6 Å². The summed E-state index contributed by atoms with van der Waals surface area (Å²) < 4.78 is 10.8. The molecular formula is C59H63N3O. The van der Waals surface area contributed by atoms with Crippen LogP contribution in [0.3, 0.4) is 0 Å². The largest absolute Gasteiger partial charge is 0.507 e. The summed E-state index contributed by atoms with van der Waals surface area (Å²) >= 11 is 0. The van der Waals surface area contributed by atoms with Crippen LogP contribution in [0, 0.1) is 6.92 Å². The van der Waals surface area contributed by atoms with Crippen LogP contribution >= 0.6 is 0 Å². The van der Waals surface area contributed by atoms with Crippen LogP contribution in [0.2, 0.25) is 0 Å². The summed E-state index contributed by atoms with van der Waals surface area (Å²) in [6.07, 6.45) is 2.89. The fourth-order valence-corrected chi connectivity index (χ4v) is 8.61. The van der Waals surface area contributed by atoms with E-state index in [1.165, 1.54) is 11.1 Å². The lowest BCUT2D eigenvalue weighted by atomic mass is 9.81. The van der Waals surface area contributed by atoms with E-state index >= 15 is 0 Å². The fraction of sp³-hybridized carbons (Fsp3) is 0.288. The predicted molar refractivity (Wildman–Crippen MR) is 267 cm³/mol. The minimum Gasteiger partial charge on any atom is -0.507 e. The van der Waals surface area contributed by atoms with Crippen molar-refractivity contribution in [3.05, 3.63) is 167 Å². The van der Waals surface area contributed by atoms with Gasteiger partial charge in [-0.25, -0.2) is 4.98 Å². The zero-order chi connectivity index (χ0) is 45.9. The lowest BCUT2D eigenvalue weighted by Crippen LogP contribution is -2.16. The van der Waals surface area contributed by atoms with Crippen molar-refractivity contribution >= 4 is 11.0 Å². The summed E-state index contributed by atoms with van der Waals surface area (Å²) in [5.41, 5.74) is 16.8. The second-order valence-electron chi connectivity index (χ2n) is 20.3. The van der Waals surface area contributed by atoms with Crippen LogP contribution in [-0.2, 0) is 16.2 Å². The van der Waals surface area contributed by atoms with E-state index in [0.717, 1.165) is 84.5 Å². The molecule has 320 valence electrons. The first-order valence-corrected chi connectivity index (χ1v) is 22.4. The number of hydrogen-bond acceptors (Lipinski definition) is 3. The molecule has 4 heteroatoms. The number of pyridine rings is 1. The maximum atomic E-state index is 12.3. The number of fused-ring (bicyclic) bond motifs is 1. The van der Waals surface area contributed by atoms with Crippen molar-refractivity contribution in [2.24, 2.45) is 0 Å². The minimum atomic E-state index is -0.665. The van der Waals surface area contributed by atoms with Crippen LogP contribution in [0.15, 0.2) is 140 Å². The number of rotatable bonds is 9. The van der Waals surface area contributed by atoms with E-state index < -0.39 is 5.89 Å². The molecule has 0 aliphatic carbocycles. The molecule has 0 bridgehead atoms. The summed E-state index contributed by atoms with van der Waals surface area (Å²) in [4.78, 5) is 10.6. The third-order valence-electron chi connectivity index (χ3n) is 12.9. The highest BCUT2D eigenvalue weighted by molar-refractivity contribution is 5.98. The molecule has 0 saturated carbocycles. The van der Waals surface area contributed by atoms with E-state index in [9.17, 15) is 5.11 Å². The molecule has 0 atom stereocenters. The van der Waals surface area contributed by atoms with Gasteiger partial charge in [0.1, 0.15) is 11.6 Å². The van der Waals surface area contributed by atoms with Gasteiger partial charge < -0.3 is 5.11 Å². The Labute approximate surface area is 377 Å². The van der Waals surface area contributed by atoms with E-state index in [0.29, 0.717) is 11.4 Å². The van der Waals surface area contributed by atoms with Crippen LogP contribution in [0.4, 0.5) is 0 Å². The summed E-state index contributed by atoms with van der Waals surface area (Å²) in [5.74, 6) is 0.277. The molecule has 8 rings (SSSR count). The maximum absolute atomic E-state index is 12.3. The average Bonchev–Trinajstić information content (AvgIpc) is 3.65. The van der Waals surface area contributed by atoms with Crippen molar-refractivity contribution in [1.29, 1.82) is 0 Å². The summed E-state index contributed by atoms with van der Waals surface area (Å²) in [6, 6.07) is 47.5. The van der Waals surface area contributed by atoms with Gasteiger partial charge in [-0.3, -0.25) is 9.55 Å². The molecule has 8 aromatic rings. The van der Waals surface area contributed by atoms with Crippen LogP contribution in [0.5, 0.6) is 5.75 Å². The predicted octanol–water partition coefficient (Wildman–Crippen LogP) is 16.2. The molecule has 0 saturated heterocycles. The Bertz CT molecular complexity index is 3010. The number of hydrogen-bond donors (Lipinski definition) is 1. The molecule has 63 heavy (non-hydrogen) atoms. The number of aryl methyl sites for hydroxylation is 1. The minimum absolute atomic E-state index is 0.0281. The lowest BCUT2D eigenvalue weighted by molar-refractivity contribution is 0.448. The van der Waals surface area contributed by atoms with Crippen molar-refractivity contribution in [2.45, 2.75) is 112 Å². The molecular weight excluding hydrogens is 767 g/mol. The molecule has 0 radical (unpaired) electrons. The maximum Gasteiger partial charge on any atom is 0.149 e. The van der Waals surface area contributed by atoms with Crippen molar-refractivity contribution in [3.8, 4) is 67.5 Å². The van der Waals surface area contributed by atoms with Gasteiger partial charge in [-0.2, -0.15) is 0 Å². The third-order valence-corrected chi connectivity index (χ3v) is 12.9. The molecule has 6 aromatic carbocycles. The molecule has 0 amide bonds. The number of imidazole rings is 1. The number of para-hydroxylation sites is 1. The molecule has 0 spiro atoms. The SMILES string of the molecule is [2H]C(C)(C)c1ccc(-c2ccnc(-c3cc(-c4cccc5c4nc(-c4cc(C)cc(C(C)(C)C)c4O)n5-c4ccc(C(C)(C)CC)cc4-c4ccccc4)cc(C(C)(C)C)c3)c2)cc1. The molecule has 2 aromatic heterocycles. The second-order valence-corrected chi connectivity index (χ2v) is 20.3. The molecule has 0 fully saturated rings. The van der Waals surface area contributed by atoms with Crippen LogP contribution in [0.25, 0.3) is 72.7 Å². The molecule has 2 heterocycles. The van der Waals surface area contributed by atoms with Gasteiger partial charge in [0.2, 0.25) is 0 Å². The Morgan fingerprint density at radius 3 is 2.00 bits per heavy atom. The van der Waals surface area contributed by atoms with Crippen molar-refractivity contribution in [2.75, 3.05) is 0 Å². The van der Waals surface area contributed by atoms with E-state index in [2.05, 4.69) is 207 Å². The standard InChI is InChI=1S/C59H63N3O/c1-13-59(11,12)45-26-27-52(48(36-45)41-18-15-14-16-19-41)62-53-21-17-20-47(54(53)61-56(62)49-30-38(4)31-50(55(49)63)58(8,9)10)43-32-44(34-46(33-43)57(5,6)7)51-35-42(28-29-60-51)40-24-22-39(23-25-40)37(2)3/h14-37,63H,13H2,1-12H3/i37D. The molecule has 0 aliphatic rings.